The van der Waals surface area contributed by atoms with E-state index in [4.69, 9.17) is 9.47 Å². The molecule has 30 heavy (non-hydrogen) atoms. The van der Waals surface area contributed by atoms with E-state index in [0.29, 0.717) is 44.1 Å². The molecule has 0 bridgehead atoms. The van der Waals surface area contributed by atoms with Crippen molar-refractivity contribution in [2.75, 3.05) is 33.9 Å². The number of methoxy groups -OCH3 is 2. The van der Waals surface area contributed by atoms with Gasteiger partial charge in [-0.2, -0.15) is 0 Å². The first-order valence-electron chi connectivity index (χ1n) is 10.1. The minimum Gasteiger partial charge on any atom is -0.493 e. The third kappa shape index (κ3) is 5.89. The Hall–Kier alpha value is -3.22. The number of urea groups is 1. The Morgan fingerprint density at radius 2 is 1.80 bits per heavy atom. The standard InChI is InChI=1S/C23H29N3O4/c1-29-20-9-8-18(12-21(20)30-2)14-24-23(28)25-15-19-13-22(27)26(16-19)11-10-17-6-4-3-5-7-17/h3-9,12,19H,10-11,13-16H2,1-2H3,(H2,24,25,28)/t19-/m1/s1. The number of rotatable bonds is 9. The lowest BCUT2D eigenvalue weighted by molar-refractivity contribution is -0.127. The summed E-state index contributed by atoms with van der Waals surface area (Å²) < 4.78 is 10.5. The van der Waals surface area contributed by atoms with Crippen LogP contribution in [-0.2, 0) is 17.8 Å². The normalized spacial score (nSPS) is 15.7. The SMILES string of the molecule is COc1ccc(CNC(=O)NC[C@H]2CC(=O)N(CCc3ccccc3)C2)cc1OC. The monoisotopic (exact) mass is 411 g/mol. The lowest BCUT2D eigenvalue weighted by Crippen LogP contribution is -2.38. The minimum absolute atomic E-state index is 0.139. The highest BCUT2D eigenvalue weighted by molar-refractivity contribution is 5.79. The van der Waals surface area contributed by atoms with E-state index in [1.54, 1.807) is 14.2 Å². The fourth-order valence-electron chi connectivity index (χ4n) is 3.59. The molecule has 1 atom stereocenters. The van der Waals surface area contributed by atoms with Gasteiger partial charge < -0.3 is 25.0 Å². The number of carbonyl (C=O) groups excluding carboxylic acids is 2. The third-order valence-electron chi connectivity index (χ3n) is 5.26. The van der Waals surface area contributed by atoms with Crippen LogP contribution in [-0.4, -0.2) is 50.7 Å². The van der Waals surface area contributed by atoms with Gasteiger partial charge in [0.05, 0.1) is 14.2 Å². The van der Waals surface area contributed by atoms with E-state index in [1.165, 1.54) is 5.56 Å². The maximum absolute atomic E-state index is 12.2. The number of carbonyl (C=O) groups is 2. The van der Waals surface area contributed by atoms with Gasteiger partial charge in [0.2, 0.25) is 5.91 Å². The predicted molar refractivity (Wildman–Crippen MR) is 115 cm³/mol. The molecule has 1 saturated heterocycles. The average molecular weight is 412 g/mol. The van der Waals surface area contributed by atoms with E-state index >= 15 is 0 Å². The molecular weight excluding hydrogens is 382 g/mol. The van der Waals surface area contributed by atoms with Crippen molar-refractivity contribution in [2.45, 2.75) is 19.4 Å². The molecule has 160 valence electrons. The highest BCUT2D eigenvalue weighted by Crippen LogP contribution is 2.27. The summed E-state index contributed by atoms with van der Waals surface area (Å²) in [6, 6.07) is 15.4. The molecule has 1 aliphatic rings. The van der Waals surface area contributed by atoms with E-state index in [-0.39, 0.29) is 17.9 Å². The summed E-state index contributed by atoms with van der Waals surface area (Å²) in [4.78, 5) is 26.3. The second-order valence-electron chi connectivity index (χ2n) is 7.40. The van der Waals surface area contributed by atoms with Crippen molar-refractivity contribution in [3.05, 3.63) is 59.7 Å². The van der Waals surface area contributed by atoms with Crippen molar-refractivity contribution in [3.63, 3.8) is 0 Å². The van der Waals surface area contributed by atoms with Gasteiger partial charge in [-0.15, -0.1) is 0 Å². The average Bonchev–Trinajstić information content (AvgIpc) is 3.14. The zero-order valence-corrected chi connectivity index (χ0v) is 17.5. The van der Waals surface area contributed by atoms with E-state index in [1.807, 2.05) is 41.3 Å². The second kappa shape index (κ2) is 10.5. The molecule has 0 spiro atoms. The molecule has 0 unspecified atom stereocenters. The van der Waals surface area contributed by atoms with Gasteiger partial charge in [0, 0.05) is 38.5 Å². The van der Waals surface area contributed by atoms with Crippen molar-refractivity contribution in [3.8, 4) is 11.5 Å². The summed E-state index contributed by atoms with van der Waals surface area (Å²) in [5, 5.41) is 5.71. The molecule has 1 fully saturated rings. The number of hydrogen-bond donors (Lipinski definition) is 2. The number of nitrogens with one attached hydrogen (secondary N) is 2. The van der Waals surface area contributed by atoms with Crippen LogP contribution in [0.1, 0.15) is 17.5 Å². The number of nitrogens with zero attached hydrogens (tertiary/aromatic N) is 1. The van der Waals surface area contributed by atoms with Crippen molar-refractivity contribution in [1.82, 2.24) is 15.5 Å². The van der Waals surface area contributed by atoms with Crippen molar-refractivity contribution < 1.29 is 19.1 Å². The fourth-order valence-corrected chi connectivity index (χ4v) is 3.59. The quantitative estimate of drug-likeness (QED) is 0.665. The van der Waals surface area contributed by atoms with Gasteiger partial charge in [-0.3, -0.25) is 4.79 Å². The van der Waals surface area contributed by atoms with Crippen molar-refractivity contribution in [1.29, 1.82) is 0 Å². The highest BCUT2D eigenvalue weighted by Gasteiger charge is 2.29. The Morgan fingerprint density at radius 1 is 1.03 bits per heavy atom. The van der Waals surface area contributed by atoms with E-state index in [9.17, 15) is 9.59 Å². The molecule has 0 aromatic heterocycles. The number of benzene rings is 2. The van der Waals surface area contributed by atoms with Gasteiger partial charge in [0.25, 0.3) is 0 Å². The zero-order valence-electron chi connectivity index (χ0n) is 17.5. The predicted octanol–water partition coefficient (Wildman–Crippen LogP) is 2.59. The lowest BCUT2D eigenvalue weighted by Gasteiger charge is -2.17. The first-order chi connectivity index (χ1) is 14.6. The third-order valence-corrected chi connectivity index (χ3v) is 5.26. The second-order valence-corrected chi connectivity index (χ2v) is 7.40. The van der Waals surface area contributed by atoms with Crippen LogP contribution in [0, 0.1) is 5.92 Å². The van der Waals surface area contributed by atoms with Crippen LogP contribution in [0.4, 0.5) is 4.79 Å². The first-order valence-corrected chi connectivity index (χ1v) is 10.1. The summed E-state index contributed by atoms with van der Waals surface area (Å²) in [7, 11) is 3.16. The van der Waals surface area contributed by atoms with Crippen LogP contribution in [0.25, 0.3) is 0 Å². The van der Waals surface area contributed by atoms with Gasteiger partial charge >= 0.3 is 6.03 Å². The fraction of sp³-hybridized carbons (Fsp3) is 0.391. The molecule has 7 heteroatoms. The Balaban J connectivity index is 1.39. The van der Waals surface area contributed by atoms with Crippen LogP contribution in [0.3, 0.4) is 0 Å². The molecule has 2 aromatic carbocycles. The molecule has 1 aliphatic heterocycles. The van der Waals surface area contributed by atoms with Crippen LogP contribution in [0.15, 0.2) is 48.5 Å². The van der Waals surface area contributed by atoms with Gasteiger partial charge in [0.15, 0.2) is 11.5 Å². The molecule has 0 aliphatic carbocycles. The molecule has 3 rings (SSSR count). The van der Waals surface area contributed by atoms with E-state index in [2.05, 4.69) is 22.8 Å². The van der Waals surface area contributed by atoms with Crippen molar-refractivity contribution in [2.24, 2.45) is 5.92 Å². The molecule has 7 nitrogen and oxygen atoms in total. The maximum atomic E-state index is 12.2. The van der Waals surface area contributed by atoms with Gasteiger partial charge in [-0.25, -0.2) is 4.79 Å². The van der Waals surface area contributed by atoms with E-state index in [0.717, 1.165) is 12.0 Å². The first kappa shape index (κ1) is 21.5. The number of ether oxygens (including phenoxy) is 2. The molecule has 0 saturated carbocycles. The summed E-state index contributed by atoms with van der Waals surface area (Å²) in [5.74, 6) is 1.56. The topological polar surface area (TPSA) is 79.9 Å². The summed E-state index contributed by atoms with van der Waals surface area (Å²) in [5.41, 5.74) is 2.13. The maximum Gasteiger partial charge on any atom is 0.315 e. The number of hydrogen-bond acceptors (Lipinski definition) is 4. The van der Waals surface area contributed by atoms with Crippen molar-refractivity contribution >= 4 is 11.9 Å². The van der Waals surface area contributed by atoms with Crippen LogP contribution in [0.2, 0.25) is 0 Å². The Morgan fingerprint density at radius 3 is 2.53 bits per heavy atom. The van der Waals surface area contributed by atoms with Gasteiger partial charge in [-0.1, -0.05) is 36.4 Å². The van der Waals surface area contributed by atoms with Crippen LogP contribution in [0.5, 0.6) is 11.5 Å². The summed E-state index contributed by atoms with van der Waals surface area (Å²) >= 11 is 0. The van der Waals surface area contributed by atoms with Crippen LogP contribution < -0.4 is 20.1 Å². The number of amides is 3. The van der Waals surface area contributed by atoms with Crippen LogP contribution >= 0.6 is 0 Å². The Kier molecular flexibility index (Phi) is 7.54. The Bertz CT molecular complexity index is 857. The lowest BCUT2D eigenvalue weighted by atomic mass is 10.1. The smallest absolute Gasteiger partial charge is 0.315 e. The summed E-state index contributed by atoms with van der Waals surface area (Å²) in [6.45, 7) is 2.25. The molecule has 2 aromatic rings. The number of likely N-dealkylation sites (tertiary alicyclic amines) is 1. The molecular formula is C23H29N3O4. The van der Waals surface area contributed by atoms with E-state index < -0.39 is 0 Å². The van der Waals surface area contributed by atoms with Gasteiger partial charge in [-0.05, 0) is 29.7 Å². The summed E-state index contributed by atoms with van der Waals surface area (Å²) in [6.07, 6.45) is 1.32. The molecule has 3 amide bonds. The largest absolute Gasteiger partial charge is 0.493 e. The Labute approximate surface area is 177 Å². The highest BCUT2D eigenvalue weighted by atomic mass is 16.5. The molecule has 2 N–H and O–H groups in total. The zero-order chi connectivity index (χ0) is 21.3. The molecule has 1 heterocycles. The minimum atomic E-state index is -0.250. The van der Waals surface area contributed by atoms with Gasteiger partial charge in [0.1, 0.15) is 0 Å². The molecule has 0 radical (unpaired) electrons.